The molecular weight excluding hydrogens is 414 g/mol. The molecule has 4 aromatic rings. The molecule has 0 N–H and O–H groups in total. The van der Waals surface area contributed by atoms with Crippen LogP contribution >= 0.6 is 22.9 Å². The summed E-state index contributed by atoms with van der Waals surface area (Å²) in [6.07, 6.45) is 6.77. The summed E-state index contributed by atoms with van der Waals surface area (Å²) in [6.45, 7) is 4.51. The number of aryl methyl sites for hydroxylation is 2. The van der Waals surface area contributed by atoms with Crippen LogP contribution in [0.2, 0.25) is 5.02 Å². The maximum atomic E-state index is 13.2. The van der Waals surface area contributed by atoms with E-state index in [-0.39, 0.29) is 5.91 Å². The first-order chi connectivity index (χ1) is 14.5. The van der Waals surface area contributed by atoms with E-state index in [2.05, 4.69) is 31.0 Å². The van der Waals surface area contributed by atoms with E-state index < -0.39 is 0 Å². The van der Waals surface area contributed by atoms with Gasteiger partial charge in [-0.1, -0.05) is 53.3 Å². The topological polar surface area (TPSA) is 46.1 Å². The molecule has 4 rings (SSSR count). The van der Waals surface area contributed by atoms with E-state index >= 15 is 0 Å². The van der Waals surface area contributed by atoms with Gasteiger partial charge in [0.05, 0.1) is 16.8 Å². The van der Waals surface area contributed by atoms with Gasteiger partial charge in [-0.3, -0.25) is 14.7 Å². The van der Waals surface area contributed by atoms with Crippen LogP contribution in [0.5, 0.6) is 0 Å². The van der Waals surface area contributed by atoms with Gasteiger partial charge in [0.1, 0.15) is 0 Å². The number of aromatic nitrogens is 2. The molecule has 0 radical (unpaired) electrons. The number of hydrogen-bond acceptors (Lipinski definition) is 4. The summed E-state index contributed by atoms with van der Waals surface area (Å²) in [5, 5.41) is 1.27. The minimum atomic E-state index is -0.160. The number of thiazole rings is 1. The van der Waals surface area contributed by atoms with Gasteiger partial charge in [0.2, 0.25) is 0 Å². The average Bonchev–Trinajstić information content (AvgIpc) is 3.16. The van der Waals surface area contributed by atoms with Crippen LogP contribution < -0.4 is 4.90 Å². The predicted molar refractivity (Wildman–Crippen MR) is 125 cm³/mol. The average molecular weight is 434 g/mol. The highest BCUT2D eigenvalue weighted by atomic mass is 35.5. The molecule has 0 aliphatic rings. The second-order valence-electron chi connectivity index (χ2n) is 7.07. The molecule has 0 atom stereocenters. The van der Waals surface area contributed by atoms with Gasteiger partial charge >= 0.3 is 0 Å². The molecule has 0 aliphatic carbocycles. The SMILES string of the molecule is Cc1cc(C)c2sc(N(Cc3cccnc3)C(=O)/C=C/c3ccccc3Cl)nc2c1. The quantitative estimate of drug-likeness (QED) is 0.351. The van der Waals surface area contributed by atoms with Crippen molar-refractivity contribution >= 4 is 50.3 Å². The van der Waals surface area contributed by atoms with Crippen LogP contribution in [-0.2, 0) is 11.3 Å². The Morgan fingerprint density at radius 3 is 2.77 bits per heavy atom. The molecular formula is C24H20ClN3OS. The normalized spacial score (nSPS) is 11.3. The molecule has 6 heteroatoms. The molecule has 2 aromatic carbocycles. The first-order valence-corrected chi connectivity index (χ1v) is 10.7. The second-order valence-corrected chi connectivity index (χ2v) is 8.45. The zero-order chi connectivity index (χ0) is 21.1. The highest BCUT2D eigenvalue weighted by molar-refractivity contribution is 7.22. The maximum absolute atomic E-state index is 13.2. The van der Waals surface area contributed by atoms with Crippen LogP contribution in [0.25, 0.3) is 16.3 Å². The predicted octanol–water partition coefficient (Wildman–Crippen LogP) is 6.21. The number of carbonyl (C=O) groups excluding carboxylic acids is 1. The summed E-state index contributed by atoms with van der Waals surface area (Å²) in [7, 11) is 0. The van der Waals surface area contributed by atoms with Gasteiger partial charge in [-0.05, 0) is 60.4 Å². The molecule has 0 unspecified atom stereocenters. The van der Waals surface area contributed by atoms with Crippen molar-refractivity contribution in [2.45, 2.75) is 20.4 Å². The lowest BCUT2D eigenvalue weighted by atomic mass is 10.1. The van der Waals surface area contributed by atoms with E-state index in [4.69, 9.17) is 16.6 Å². The fraction of sp³-hybridized carbons (Fsp3) is 0.125. The van der Waals surface area contributed by atoms with Gasteiger partial charge < -0.3 is 0 Å². The van der Waals surface area contributed by atoms with Gasteiger partial charge in [-0.25, -0.2) is 4.98 Å². The summed E-state index contributed by atoms with van der Waals surface area (Å²) in [4.78, 5) is 23.8. The third kappa shape index (κ3) is 4.42. The zero-order valence-electron chi connectivity index (χ0n) is 16.7. The smallest absolute Gasteiger partial charge is 0.253 e. The summed E-state index contributed by atoms with van der Waals surface area (Å²) < 4.78 is 1.09. The fourth-order valence-electron chi connectivity index (χ4n) is 3.26. The van der Waals surface area contributed by atoms with Gasteiger partial charge in [0, 0.05) is 23.5 Å². The molecule has 0 fully saturated rings. The number of nitrogens with zero attached hydrogens (tertiary/aromatic N) is 3. The van der Waals surface area contributed by atoms with E-state index in [9.17, 15) is 4.79 Å². The van der Waals surface area contributed by atoms with Crippen LogP contribution in [0, 0.1) is 13.8 Å². The van der Waals surface area contributed by atoms with E-state index in [0.29, 0.717) is 16.7 Å². The van der Waals surface area contributed by atoms with Gasteiger partial charge in [0.15, 0.2) is 5.13 Å². The Labute approximate surface area is 184 Å². The van der Waals surface area contributed by atoms with Gasteiger partial charge in [-0.2, -0.15) is 0 Å². The first-order valence-electron chi connectivity index (χ1n) is 9.52. The fourth-order valence-corrected chi connectivity index (χ4v) is 4.47. The van der Waals surface area contributed by atoms with E-state index in [1.165, 1.54) is 11.3 Å². The van der Waals surface area contributed by atoms with E-state index in [0.717, 1.165) is 32.5 Å². The third-order valence-corrected chi connectivity index (χ3v) is 6.25. The number of hydrogen-bond donors (Lipinski definition) is 0. The number of rotatable bonds is 5. The molecule has 0 saturated carbocycles. The Bertz CT molecular complexity index is 1230. The van der Waals surface area contributed by atoms with Gasteiger partial charge in [0.25, 0.3) is 5.91 Å². The van der Waals surface area contributed by atoms with Crippen LogP contribution in [0.3, 0.4) is 0 Å². The van der Waals surface area contributed by atoms with Crippen molar-refractivity contribution in [3.05, 3.63) is 94.3 Å². The standard InChI is InChI=1S/C24H20ClN3OS/c1-16-12-17(2)23-21(13-16)27-24(30-23)28(15-18-6-5-11-26-14-18)22(29)10-9-19-7-3-4-8-20(19)25/h3-14H,15H2,1-2H3/b10-9+. The Morgan fingerprint density at radius 1 is 1.17 bits per heavy atom. The Hall–Kier alpha value is -3.02. The highest BCUT2D eigenvalue weighted by Crippen LogP contribution is 2.33. The van der Waals surface area contributed by atoms with E-state index in [1.54, 1.807) is 35.5 Å². The molecule has 0 saturated heterocycles. The maximum Gasteiger partial charge on any atom is 0.253 e. The van der Waals surface area contributed by atoms with Crippen molar-refractivity contribution in [1.82, 2.24) is 9.97 Å². The van der Waals surface area contributed by atoms with Crippen LogP contribution in [-0.4, -0.2) is 15.9 Å². The number of fused-ring (bicyclic) bond motifs is 1. The Balaban J connectivity index is 1.72. The molecule has 0 aliphatic heterocycles. The molecule has 4 nitrogen and oxygen atoms in total. The molecule has 0 bridgehead atoms. The number of amides is 1. The number of anilines is 1. The molecule has 0 spiro atoms. The van der Waals surface area contributed by atoms with Crippen LogP contribution in [0.4, 0.5) is 5.13 Å². The molecule has 1 amide bonds. The van der Waals surface area contributed by atoms with E-state index in [1.807, 2.05) is 30.3 Å². The van der Waals surface area contributed by atoms with Crippen LogP contribution in [0.1, 0.15) is 22.3 Å². The lowest BCUT2D eigenvalue weighted by Crippen LogP contribution is -2.28. The summed E-state index contributed by atoms with van der Waals surface area (Å²) in [6, 6.07) is 15.4. The van der Waals surface area contributed by atoms with Crippen molar-refractivity contribution < 1.29 is 4.79 Å². The summed E-state index contributed by atoms with van der Waals surface area (Å²) in [5.41, 5.74) is 4.95. The minimum Gasteiger partial charge on any atom is -0.280 e. The third-order valence-electron chi connectivity index (χ3n) is 4.68. The van der Waals surface area contributed by atoms with Crippen molar-refractivity contribution in [2.75, 3.05) is 4.90 Å². The number of halogens is 1. The summed E-state index contributed by atoms with van der Waals surface area (Å²) in [5.74, 6) is -0.160. The van der Waals surface area contributed by atoms with Crippen molar-refractivity contribution in [1.29, 1.82) is 0 Å². The van der Waals surface area contributed by atoms with Gasteiger partial charge in [-0.15, -0.1) is 0 Å². The largest absolute Gasteiger partial charge is 0.280 e. The lowest BCUT2D eigenvalue weighted by molar-refractivity contribution is -0.114. The number of pyridine rings is 1. The van der Waals surface area contributed by atoms with Crippen LogP contribution in [0.15, 0.2) is 67.0 Å². The summed E-state index contributed by atoms with van der Waals surface area (Å²) >= 11 is 7.75. The van der Waals surface area contributed by atoms with Crippen molar-refractivity contribution in [3.8, 4) is 0 Å². The second kappa shape index (κ2) is 8.78. The Kier molecular flexibility index (Phi) is 5.93. The molecule has 150 valence electrons. The monoisotopic (exact) mass is 433 g/mol. The van der Waals surface area contributed by atoms with Crippen molar-refractivity contribution in [2.24, 2.45) is 0 Å². The highest BCUT2D eigenvalue weighted by Gasteiger charge is 2.19. The minimum absolute atomic E-state index is 0.160. The lowest BCUT2D eigenvalue weighted by Gasteiger charge is -2.18. The molecule has 2 aromatic heterocycles. The molecule has 30 heavy (non-hydrogen) atoms. The molecule has 2 heterocycles. The van der Waals surface area contributed by atoms with Crippen molar-refractivity contribution in [3.63, 3.8) is 0 Å². The zero-order valence-corrected chi connectivity index (χ0v) is 18.2. The number of benzene rings is 2. The Morgan fingerprint density at radius 2 is 2.00 bits per heavy atom. The number of carbonyl (C=O) groups is 1. The first kappa shape index (κ1) is 20.3.